The van der Waals surface area contributed by atoms with Crippen LogP contribution in [0.1, 0.15) is 30.9 Å². The maximum Gasteiger partial charge on any atom is 0.0240 e. The largest absolute Gasteiger partial charge is 0.326 e. The molecule has 0 aromatic heterocycles. The summed E-state index contributed by atoms with van der Waals surface area (Å²) in [5, 5.41) is 0. The standard InChI is InChI=1S/C16H27N3/c1-3-16-13-18(2)9-6-10-19(16)12-15-8-5-4-7-14(15)11-17/h4-5,7-8,16H,3,6,9-13,17H2,1-2H3. The highest BCUT2D eigenvalue weighted by Gasteiger charge is 2.22. The molecule has 3 heteroatoms. The maximum absolute atomic E-state index is 5.85. The summed E-state index contributed by atoms with van der Waals surface area (Å²) in [4.78, 5) is 5.10. The van der Waals surface area contributed by atoms with Crippen LogP contribution in [0.25, 0.3) is 0 Å². The van der Waals surface area contributed by atoms with Crippen LogP contribution in [-0.4, -0.2) is 42.5 Å². The molecule has 0 saturated carbocycles. The Morgan fingerprint density at radius 2 is 1.95 bits per heavy atom. The molecule has 1 saturated heterocycles. The van der Waals surface area contributed by atoms with Crippen LogP contribution in [0.2, 0.25) is 0 Å². The minimum atomic E-state index is 0.640. The van der Waals surface area contributed by atoms with E-state index in [1.54, 1.807) is 0 Å². The van der Waals surface area contributed by atoms with E-state index >= 15 is 0 Å². The Morgan fingerprint density at radius 1 is 1.21 bits per heavy atom. The third-order valence-electron chi connectivity index (χ3n) is 4.21. The fourth-order valence-electron chi connectivity index (χ4n) is 3.02. The summed E-state index contributed by atoms with van der Waals surface area (Å²) < 4.78 is 0. The van der Waals surface area contributed by atoms with Gasteiger partial charge in [-0.05, 0) is 37.6 Å². The van der Waals surface area contributed by atoms with Gasteiger partial charge in [0.2, 0.25) is 0 Å². The molecule has 2 N–H and O–H groups in total. The highest BCUT2D eigenvalue weighted by Crippen LogP contribution is 2.18. The van der Waals surface area contributed by atoms with Crippen LogP contribution in [-0.2, 0) is 13.1 Å². The van der Waals surface area contributed by atoms with E-state index in [0.717, 1.165) is 6.54 Å². The van der Waals surface area contributed by atoms with Crippen molar-refractivity contribution in [2.24, 2.45) is 5.73 Å². The van der Waals surface area contributed by atoms with Crippen molar-refractivity contribution in [3.05, 3.63) is 35.4 Å². The number of nitrogens with two attached hydrogens (primary N) is 1. The number of nitrogens with zero attached hydrogens (tertiary/aromatic N) is 2. The van der Waals surface area contributed by atoms with Crippen LogP contribution in [0, 0.1) is 0 Å². The lowest BCUT2D eigenvalue weighted by molar-refractivity contribution is 0.175. The molecule has 19 heavy (non-hydrogen) atoms. The van der Waals surface area contributed by atoms with Crippen molar-refractivity contribution in [1.82, 2.24) is 9.80 Å². The summed E-state index contributed by atoms with van der Waals surface area (Å²) >= 11 is 0. The van der Waals surface area contributed by atoms with Crippen molar-refractivity contribution in [1.29, 1.82) is 0 Å². The first-order valence-corrected chi connectivity index (χ1v) is 7.44. The van der Waals surface area contributed by atoms with Gasteiger partial charge in [0.05, 0.1) is 0 Å². The zero-order chi connectivity index (χ0) is 13.7. The van der Waals surface area contributed by atoms with Crippen molar-refractivity contribution in [2.45, 2.75) is 38.9 Å². The topological polar surface area (TPSA) is 32.5 Å². The summed E-state index contributed by atoms with van der Waals surface area (Å²) in [5.74, 6) is 0. The zero-order valence-corrected chi connectivity index (χ0v) is 12.3. The third kappa shape index (κ3) is 3.78. The molecule has 0 spiro atoms. The van der Waals surface area contributed by atoms with E-state index in [2.05, 4.69) is 48.0 Å². The van der Waals surface area contributed by atoms with E-state index in [-0.39, 0.29) is 0 Å². The smallest absolute Gasteiger partial charge is 0.0240 e. The van der Waals surface area contributed by atoms with Crippen LogP contribution in [0.3, 0.4) is 0 Å². The monoisotopic (exact) mass is 261 g/mol. The van der Waals surface area contributed by atoms with Gasteiger partial charge in [0.15, 0.2) is 0 Å². The van der Waals surface area contributed by atoms with Crippen molar-refractivity contribution in [3.63, 3.8) is 0 Å². The molecule has 3 nitrogen and oxygen atoms in total. The molecule has 1 aromatic rings. The SMILES string of the molecule is CCC1CN(C)CCCN1Cc1ccccc1CN. The van der Waals surface area contributed by atoms with Gasteiger partial charge in [-0.1, -0.05) is 31.2 Å². The summed E-state index contributed by atoms with van der Waals surface area (Å²) in [6.45, 7) is 7.57. The van der Waals surface area contributed by atoms with Crippen LogP contribution >= 0.6 is 0 Å². The van der Waals surface area contributed by atoms with E-state index in [1.807, 2.05) is 0 Å². The van der Waals surface area contributed by atoms with Gasteiger partial charge in [0.1, 0.15) is 0 Å². The first kappa shape index (κ1) is 14.5. The summed E-state index contributed by atoms with van der Waals surface area (Å²) in [6, 6.07) is 9.25. The van der Waals surface area contributed by atoms with Gasteiger partial charge in [-0.2, -0.15) is 0 Å². The van der Waals surface area contributed by atoms with E-state index in [1.165, 1.54) is 43.6 Å². The van der Waals surface area contributed by atoms with Gasteiger partial charge in [0.25, 0.3) is 0 Å². The average Bonchev–Trinajstić information content (AvgIpc) is 2.61. The molecule has 1 aliphatic rings. The van der Waals surface area contributed by atoms with E-state index in [9.17, 15) is 0 Å². The van der Waals surface area contributed by atoms with Crippen LogP contribution in [0.5, 0.6) is 0 Å². The summed E-state index contributed by atoms with van der Waals surface area (Å²) in [5.41, 5.74) is 8.53. The minimum absolute atomic E-state index is 0.640. The second kappa shape index (κ2) is 7.04. The molecule has 1 aromatic carbocycles. The van der Waals surface area contributed by atoms with E-state index < -0.39 is 0 Å². The summed E-state index contributed by atoms with van der Waals surface area (Å²) in [6.07, 6.45) is 2.48. The fourth-order valence-corrected chi connectivity index (χ4v) is 3.02. The van der Waals surface area contributed by atoms with E-state index in [0.29, 0.717) is 12.6 Å². The number of likely N-dealkylation sites (N-methyl/N-ethyl adjacent to an activating group) is 1. The third-order valence-corrected chi connectivity index (χ3v) is 4.21. The van der Waals surface area contributed by atoms with Crippen LogP contribution in [0.15, 0.2) is 24.3 Å². The molecule has 1 heterocycles. The number of benzene rings is 1. The Kier molecular flexibility index (Phi) is 5.37. The molecule has 0 radical (unpaired) electrons. The molecule has 1 fully saturated rings. The predicted molar refractivity (Wildman–Crippen MR) is 80.9 cm³/mol. The lowest BCUT2D eigenvalue weighted by Gasteiger charge is -2.30. The normalized spacial score (nSPS) is 22.4. The van der Waals surface area contributed by atoms with Gasteiger partial charge in [-0.25, -0.2) is 0 Å². The van der Waals surface area contributed by atoms with Crippen LogP contribution in [0.4, 0.5) is 0 Å². The Hall–Kier alpha value is -0.900. The highest BCUT2D eigenvalue weighted by atomic mass is 15.2. The van der Waals surface area contributed by atoms with Gasteiger partial charge >= 0.3 is 0 Å². The van der Waals surface area contributed by atoms with Gasteiger partial charge < -0.3 is 10.6 Å². The molecule has 0 amide bonds. The van der Waals surface area contributed by atoms with Gasteiger partial charge in [-0.3, -0.25) is 4.90 Å². The van der Waals surface area contributed by atoms with E-state index in [4.69, 9.17) is 5.73 Å². The highest BCUT2D eigenvalue weighted by molar-refractivity contribution is 5.26. The van der Waals surface area contributed by atoms with Crippen molar-refractivity contribution in [2.75, 3.05) is 26.7 Å². The zero-order valence-electron chi connectivity index (χ0n) is 12.3. The van der Waals surface area contributed by atoms with Crippen molar-refractivity contribution in [3.8, 4) is 0 Å². The quantitative estimate of drug-likeness (QED) is 0.900. The Balaban J connectivity index is 2.11. The van der Waals surface area contributed by atoms with Gasteiger partial charge in [0, 0.05) is 32.2 Å². The molecule has 0 bridgehead atoms. The molecule has 1 atom stereocenters. The van der Waals surface area contributed by atoms with Crippen molar-refractivity contribution >= 4 is 0 Å². The van der Waals surface area contributed by atoms with Crippen molar-refractivity contribution < 1.29 is 0 Å². The molecular formula is C16H27N3. The molecular weight excluding hydrogens is 234 g/mol. The summed E-state index contributed by atoms with van der Waals surface area (Å²) in [7, 11) is 2.24. The Labute approximate surface area is 117 Å². The lowest BCUT2D eigenvalue weighted by atomic mass is 10.1. The Morgan fingerprint density at radius 3 is 2.63 bits per heavy atom. The van der Waals surface area contributed by atoms with Gasteiger partial charge in [-0.15, -0.1) is 0 Å². The number of hydrogen-bond acceptors (Lipinski definition) is 3. The fraction of sp³-hybridized carbons (Fsp3) is 0.625. The van der Waals surface area contributed by atoms with Crippen LogP contribution < -0.4 is 5.73 Å². The molecule has 2 rings (SSSR count). The lowest BCUT2D eigenvalue weighted by Crippen LogP contribution is -2.39. The molecule has 106 valence electrons. The molecule has 1 aliphatic heterocycles. The number of rotatable bonds is 4. The predicted octanol–water partition coefficient (Wildman–Crippen LogP) is 2.06. The minimum Gasteiger partial charge on any atom is -0.326 e. The maximum atomic E-state index is 5.85. The molecule has 1 unspecified atom stereocenters. The second-order valence-electron chi connectivity index (χ2n) is 5.62. The second-order valence-corrected chi connectivity index (χ2v) is 5.62. The molecule has 0 aliphatic carbocycles. The first-order valence-electron chi connectivity index (χ1n) is 7.44. The number of hydrogen-bond donors (Lipinski definition) is 1. The first-order chi connectivity index (χ1) is 9.24. The Bertz CT molecular complexity index is 391. The average molecular weight is 261 g/mol.